The van der Waals surface area contributed by atoms with Crippen LogP contribution in [-0.2, 0) is 11.2 Å². The number of halogens is 1. The molecule has 1 atom stereocenters. The third kappa shape index (κ3) is 2.06. The molecule has 2 rings (SSSR count). The topological polar surface area (TPSA) is 67.8 Å². The average molecular weight is 316 g/mol. The number of fused-ring (bicyclic) bond motifs is 1. The monoisotopic (exact) mass is 315 g/mol. The third-order valence-corrected chi connectivity index (χ3v) is 3.73. The summed E-state index contributed by atoms with van der Waals surface area (Å²) in [5, 5.41) is 12.3. The van der Waals surface area contributed by atoms with E-state index < -0.39 is 12.0 Å². The molecule has 0 saturated heterocycles. The zero-order valence-electron chi connectivity index (χ0n) is 10.1. The van der Waals surface area contributed by atoms with Crippen molar-refractivity contribution < 1.29 is 19.4 Å². The fraction of sp³-hybridized carbons (Fsp3) is 0.417. The maximum Gasteiger partial charge on any atom is 0.325 e. The molecule has 5 nitrogen and oxygen atoms in total. The van der Waals surface area contributed by atoms with Crippen LogP contribution in [0.25, 0.3) is 0 Å². The van der Waals surface area contributed by atoms with Crippen molar-refractivity contribution in [1.29, 1.82) is 0 Å². The highest BCUT2D eigenvalue weighted by atomic mass is 79.9. The highest BCUT2D eigenvalue weighted by Crippen LogP contribution is 2.43. The minimum Gasteiger partial charge on any atom is -0.493 e. The lowest BCUT2D eigenvalue weighted by molar-refractivity contribution is -0.139. The van der Waals surface area contributed by atoms with Crippen molar-refractivity contribution in [2.24, 2.45) is 0 Å². The fourth-order valence-electron chi connectivity index (χ4n) is 2.24. The Labute approximate surface area is 113 Å². The molecular weight excluding hydrogens is 302 g/mol. The molecule has 0 spiro atoms. The fourth-order valence-corrected chi connectivity index (χ4v) is 2.86. The second-order valence-corrected chi connectivity index (χ2v) is 4.82. The largest absolute Gasteiger partial charge is 0.493 e. The molecule has 98 valence electrons. The van der Waals surface area contributed by atoms with Crippen LogP contribution in [0.3, 0.4) is 0 Å². The molecule has 6 heteroatoms. The van der Waals surface area contributed by atoms with Gasteiger partial charge in [-0.25, -0.2) is 0 Å². The van der Waals surface area contributed by atoms with Crippen LogP contribution in [0.1, 0.15) is 17.2 Å². The quantitative estimate of drug-likeness (QED) is 0.889. The summed E-state index contributed by atoms with van der Waals surface area (Å²) in [6.07, 6.45) is 0.750. The Bertz CT molecular complexity index is 489. The number of ether oxygens (including phenoxy) is 2. The van der Waals surface area contributed by atoms with Crippen molar-refractivity contribution in [3.63, 3.8) is 0 Å². The van der Waals surface area contributed by atoms with Crippen LogP contribution >= 0.6 is 15.9 Å². The standard InChI is InChI=1S/C12H14BrNO4/c1-17-8-5-7(13)6-3-4-14-10(12(15)16)9(6)11(8)18-2/h5,10,14H,3-4H2,1-2H3,(H,15,16). The Hall–Kier alpha value is -1.27. The highest BCUT2D eigenvalue weighted by Gasteiger charge is 2.32. The van der Waals surface area contributed by atoms with E-state index in [1.165, 1.54) is 14.2 Å². The maximum absolute atomic E-state index is 11.3. The van der Waals surface area contributed by atoms with Crippen molar-refractivity contribution in [2.45, 2.75) is 12.5 Å². The number of hydrogen-bond acceptors (Lipinski definition) is 4. The lowest BCUT2D eigenvalue weighted by Crippen LogP contribution is -2.35. The van der Waals surface area contributed by atoms with E-state index >= 15 is 0 Å². The van der Waals surface area contributed by atoms with Crippen LogP contribution in [-0.4, -0.2) is 31.8 Å². The second-order valence-electron chi connectivity index (χ2n) is 3.96. The summed E-state index contributed by atoms with van der Waals surface area (Å²) in [7, 11) is 3.04. The summed E-state index contributed by atoms with van der Waals surface area (Å²) in [6.45, 7) is 0.623. The molecule has 1 heterocycles. The van der Waals surface area contributed by atoms with Crippen LogP contribution in [0.2, 0.25) is 0 Å². The molecule has 2 N–H and O–H groups in total. The molecule has 1 aliphatic rings. The predicted octanol–water partition coefficient (Wildman–Crippen LogP) is 1.74. The minimum atomic E-state index is -0.922. The Morgan fingerprint density at radius 3 is 2.78 bits per heavy atom. The lowest BCUT2D eigenvalue weighted by atomic mass is 9.93. The molecule has 1 aromatic rings. The van der Waals surface area contributed by atoms with Gasteiger partial charge in [0, 0.05) is 16.6 Å². The zero-order valence-corrected chi connectivity index (χ0v) is 11.7. The first-order chi connectivity index (χ1) is 8.60. The first-order valence-electron chi connectivity index (χ1n) is 5.49. The Morgan fingerprint density at radius 2 is 2.22 bits per heavy atom. The first-order valence-corrected chi connectivity index (χ1v) is 6.28. The predicted molar refractivity (Wildman–Crippen MR) is 69.3 cm³/mol. The van der Waals surface area contributed by atoms with Gasteiger partial charge >= 0.3 is 5.97 Å². The summed E-state index contributed by atoms with van der Waals surface area (Å²) in [5.74, 6) is 0.0859. The van der Waals surface area contributed by atoms with E-state index in [2.05, 4.69) is 21.2 Å². The van der Waals surface area contributed by atoms with E-state index in [4.69, 9.17) is 9.47 Å². The van der Waals surface area contributed by atoms with Crippen LogP contribution in [0.15, 0.2) is 10.5 Å². The number of carboxylic acids is 1. The van der Waals surface area contributed by atoms with Crippen LogP contribution in [0.5, 0.6) is 11.5 Å². The van der Waals surface area contributed by atoms with Crippen molar-refractivity contribution in [3.8, 4) is 11.5 Å². The maximum atomic E-state index is 11.3. The summed E-state index contributed by atoms with van der Waals surface area (Å²) >= 11 is 3.46. The molecule has 1 aromatic carbocycles. The first kappa shape index (κ1) is 13.2. The van der Waals surface area contributed by atoms with E-state index in [-0.39, 0.29) is 0 Å². The number of hydrogen-bond donors (Lipinski definition) is 2. The third-order valence-electron chi connectivity index (χ3n) is 3.02. The van der Waals surface area contributed by atoms with Crippen LogP contribution in [0, 0.1) is 0 Å². The summed E-state index contributed by atoms with van der Waals surface area (Å²) in [5.41, 5.74) is 1.60. The van der Waals surface area contributed by atoms with Crippen LogP contribution in [0.4, 0.5) is 0 Å². The van der Waals surface area contributed by atoms with Gasteiger partial charge in [0.1, 0.15) is 6.04 Å². The highest BCUT2D eigenvalue weighted by molar-refractivity contribution is 9.10. The Balaban J connectivity index is 2.69. The van der Waals surface area contributed by atoms with Crippen LogP contribution < -0.4 is 14.8 Å². The number of carboxylic acid groups (broad SMARTS) is 1. The van der Waals surface area contributed by atoms with Gasteiger partial charge in [-0.15, -0.1) is 0 Å². The normalized spacial score (nSPS) is 18.1. The second kappa shape index (κ2) is 5.16. The molecule has 0 fully saturated rings. The van der Waals surface area contributed by atoms with Crippen molar-refractivity contribution in [1.82, 2.24) is 5.32 Å². The number of carbonyl (C=O) groups is 1. The molecule has 0 bridgehead atoms. The van der Waals surface area contributed by atoms with E-state index in [0.717, 1.165) is 16.5 Å². The van der Waals surface area contributed by atoms with Crippen molar-refractivity contribution in [3.05, 3.63) is 21.7 Å². The number of methoxy groups -OCH3 is 2. The number of nitrogens with one attached hydrogen (secondary N) is 1. The van der Waals surface area contributed by atoms with Crippen molar-refractivity contribution >= 4 is 21.9 Å². The summed E-state index contributed by atoms with van der Waals surface area (Å²) in [6, 6.07) is 1.04. The van der Waals surface area contributed by atoms with E-state index in [9.17, 15) is 9.90 Å². The molecule has 0 amide bonds. The smallest absolute Gasteiger partial charge is 0.325 e. The molecule has 0 aliphatic carbocycles. The van der Waals surface area contributed by atoms with Gasteiger partial charge in [0.25, 0.3) is 0 Å². The number of rotatable bonds is 3. The molecule has 1 aliphatic heterocycles. The van der Waals surface area contributed by atoms with E-state index in [0.29, 0.717) is 23.6 Å². The van der Waals surface area contributed by atoms with Gasteiger partial charge in [0.2, 0.25) is 0 Å². The van der Waals surface area contributed by atoms with Gasteiger partial charge in [-0.1, -0.05) is 15.9 Å². The molecule has 18 heavy (non-hydrogen) atoms. The SMILES string of the molecule is COc1cc(Br)c2c(c1OC)C(C(=O)O)NCC2. The van der Waals surface area contributed by atoms with Gasteiger partial charge in [-0.05, 0) is 18.1 Å². The summed E-state index contributed by atoms with van der Waals surface area (Å²) < 4.78 is 11.4. The van der Waals surface area contributed by atoms with Gasteiger partial charge in [0.05, 0.1) is 14.2 Å². The van der Waals surface area contributed by atoms with Crippen molar-refractivity contribution in [2.75, 3.05) is 20.8 Å². The van der Waals surface area contributed by atoms with E-state index in [1.54, 1.807) is 0 Å². The zero-order chi connectivity index (χ0) is 13.3. The molecule has 0 aromatic heterocycles. The lowest BCUT2D eigenvalue weighted by Gasteiger charge is -2.27. The van der Waals surface area contributed by atoms with E-state index in [1.807, 2.05) is 6.07 Å². The minimum absolute atomic E-state index is 0.482. The van der Waals surface area contributed by atoms with Gasteiger partial charge in [-0.2, -0.15) is 0 Å². The molecule has 1 unspecified atom stereocenters. The number of benzene rings is 1. The van der Waals surface area contributed by atoms with Gasteiger partial charge in [-0.3, -0.25) is 4.79 Å². The summed E-state index contributed by atoms with van der Waals surface area (Å²) in [4.78, 5) is 11.3. The Morgan fingerprint density at radius 1 is 1.50 bits per heavy atom. The molecule has 0 radical (unpaired) electrons. The molecule has 0 saturated carbocycles. The van der Waals surface area contributed by atoms with Gasteiger partial charge in [0.15, 0.2) is 11.5 Å². The number of aliphatic carboxylic acids is 1. The average Bonchev–Trinajstić information content (AvgIpc) is 2.37. The Kier molecular flexibility index (Phi) is 3.77. The molecular formula is C12H14BrNO4. The van der Waals surface area contributed by atoms with Gasteiger partial charge < -0.3 is 19.9 Å².